The maximum Gasteiger partial charge on any atom is 0.0206 e. The lowest BCUT2D eigenvalue weighted by Crippen LogP contribution is -2.16. The summed E-state index contributed by atoms with van der Waals surface area (Å²) in [6, 6.07) is 6.57. The van der Waals surface area contributed by atoms with E-state index in [-0.39, 0.29) is 0 Å². The zero-order valence-corrected chi connectivity index (χ0v) is 10.1. The molecule has 1 aliphatic rings. The normalized spacial score (nSPS) is 15.9. The zero-order valence-electron chi connectivity index (χ0n) is 8.52. The molecule has 0 aliphatic heterocycles. The molecule has 14 heavy (non-hydrogen) atoms. The van der Waals surface area contributed by atoms with Gasteiger partial charge < -0.3 is 5.32 Å². The Morgan fingerprint density at radius 1 is 1.36 bits per heavy atom. The minimum atomic E-state index is 0.961. The third-order valence-electron chi connectivity index (χ3n) is 2.56. The summed E-state index contributed by atoms with van der Waals surface area (Å²) in [5.74, 6) is 0.961. The summed E-state index contributed by atoms with van der Waals surface area (Å²) in [5.41, 5.74) is 2.69. The van der Waals surface area contributed by atoms with Crippen molar-refractivity contribution in [3.8, 4) is 0 Å². The summed E-state index contributed by atoms with van der Waals surface area (Å²) >= 11 is 3.52. The van der Waals surface area contributed by atoms with Gasteiger partial charge in [0.2, 0.25) is 0 Å². The highest BCUT2D eigenvalue weighted by Crippen LogP contribution is 2.27. The molecule has 76 valence electrons. The quantitative estimate of drug-likeness (QED) is 0.869. The highest BCUT2D eigenvalue weighted by Gasteiger charge is 2.19. The SMILES string of the molecule is Cc1cc(Br)cc(CNCC2CC2)c1. The van der Waals surface area contributed by atoms with Crippen molar-refractivity contribution in [2.75, 3.05) is 6.54 Å². The van der Waals surface area contributed by atoms with Gasteiger partial charge in [0.25, 0.3) is 0 Å². The smallest absolute Gasteiger partial charge is 0.0206 e. The number of rotatable bonds is 4. The first-order valence-electron chi connectivity index (χ1n) is 5.21. The Balaban J connectivity index is 1.87. The van der Waals surface area contributed by atoms with E-state index in [1.54, 1.807) is 0 Å². The van der Waals surface area contributed by atoms with Crippen LogP contribution in [0.5, 0.6) is 0 Å². The first-order chi connectivity index (χ1) is 6.74. The van der Waals surface area contributed by atoms with Crippen molar-refractivity contribution in [2.45, 2.75) is 26.3 Å². The predicted molar refractivity (Wildman–Crippen MR) is 63.3 cm³/mol. The van der Waals surface area contributed by atoms with Crippen LogP contribution in [0.25, 0.3) is 0 Å². The zero-order chi connectivity index (χ0) is 9.97. The largest absolute Gasteiger partial charge is 0.312 e. The first kappa shape index (κ1) is 10.2. The molecule has 0 amide bonds. The minimum absolute atomic E-state index is 0.961. The van der Waals surface area contributed by atoms with E-state index < -0.39 is 0 Å². The maximum atomic E-state index is 3.52. The molecule has 0 bridgehead atoms. The van der Waals surface area contributed by atoms with Gasteiger partial charge in [0.1, 0.15) is 0 Å². The van der Waals surface area contributed by atoms with Gasteiger partial charge >= 0.3 is 0 Å². The van der Waals surface area contributed by atoms with Crippen molar-refractivity contribution >= 4 is 15.9 Å². The van der Waals surface area contributed by atoms with Crippen LogP contribution in [0, 0.1) is 12.8 Å². The van der Waals surface area contributed by atoms with E-state index >= 15 is 0 Å². The lowest BCUT2D eigenvalue weighted by molar-refractivity contribution is 0.638. The maximum absolute atomic E-state index is 3.52. The highest BCUT2D eigenvalue weighted by molar-refractivity contribution is 9.10. The fourth-order valence-electron chi connectivity index (χ4n) is 1.66. The molecule has 1 saturated carbocycles. The second-order valence-electron chi connectivity index (χ2n) is 4.21. The van der Waals surface area contributed by atoms with Crippen LogP contribution in [0.3, 0.4) is 0 Å². The van der Waals surface area contributed by atoms with E-state index in [1.807, 2.05) is 0 Å². The van der Waals surface area contributed by atoms with Crippen molar-refractivity contribution in [1.82, 2.24) is 5.32 Å². The van der Waals surface area contributed by atoms with Gasteiger partial charge in [-0.2, -0.15) is 0 Å². The lowest BCUT2D eigenvalue weighted by atomic mass is 10.1. The molecule has 0 saturated heterocycles. The van der Waals surface area contributed by atoms with Crippen molar-refractivity contribution < 1.29 is 0 Å². The average Bonchev–Trinajstić information content (AvgIpc) is 2.86. The Hall–Kier alpha value is -0.340. The van der Waals surface area contributed by atoms with Gasteiger partial charge in [-0.1, -0.05) is 22.0 Å². The molecular weight excluding hydrogens is 238 g/mol. The van der Waals surface area contributed by atoms with Gasteiger partial charge in [-0.25, -0.2) is 0 Å². The van der Waals surface area contributed by atoms with Crippen LogP contribution in [0.2, 0.25) is 0 Å². The standard InChI is InChI=1S/C12H16BrN/c1-9-4-11(6-12(13)5-9)8-14-7-10-2-3-10/h4-6,10,14H,2-3,7-8H2,1H3. The van der Waals surface area contributed by atoms with Crippen molar-refractivity contribution in [3.63, 3.8) is 0 Å². The van der Waals surface area contributed by atoms with Crippen LogP contribution in [-0.2, 0) is 6.54 Å². The van der Waals surface area contributed by atoms with Gasteiger partial charge in [0.05, 0.1) is 0 Å². The molecule has 2 rings (SSSR count). The van der Waals surface area contributed by atoms with Crippen molar-refractivity contribution in [3.05, 3.63) is 33.8 Å². The Morgan fingerprint density at radius 3 is 2.79 bits per heavy atom. The molecule has 1 N–H and O–H groups in total. The van der Waals surface area contributed by atoms with Crippen LogP contribution in [0.1, 0.15) is 24.0 Å². The monoisotopic (exact) mass is 253 g/mol. The summed E-state index contributed by atoms with van der Waals surface area (Å²) in [6.45, 7) is 4.32. The molecule has 1 fully saturated rings. The van der Waals surface area contributed by atoms with Crippen LogP contribution in [0.15, 0.2) is 22.7 Å². The molecule has 1 nitrogen and oxygen atoms in total. The topological polar surface area (TPSA) is 12.0 Å². The number of halogens is 1. The van der Waals surface area contributed by atoms with E-state index in [1.165, 1.54) is 35.0 Å². The number of benzene rings is 1. The summed E-state index contributed by atoms with van der Waals surface area (Å²) < 4.78 is 1.18. The molecule has 0 radical (unpaired) electrons. The highest BCUT2D eigenvalue weighted by atomic mass is 79.9. The van der Waals surface area contributed by atoms with E-state index in [4.69, 9.17) is 0 Å². The Labute approximate surface area is 94.0 Å². The number of nitrogens with one attached hydrogen (secondary N) is 1. The summed E-state index contributed by atoms with van der Waals surface area (Å²) in [4.78, 5) is 0. The molecule has 1 aromatic rings. The van der Waals surface area contributed by atoms with Crippen LogP contribution < -0.4 is 5.32 Å². The Kier molecular flexibility index (Phi) is 3.24. The Morgan fingerprint density at radius 2 is 2.14 bits per heavy atom. The first-order valence-corrected chi connectivity index (χ1v) is 6.00. The van der Waals surface area contributed by atoms with Crippen LogP contribution in [0.4, 0.5) is 0 Å². The minimum Gasteiger partial charge on any atom is -0.312 e. The van der Waals surface area contributed by atoms with Gasteiger partial charge in [-0.05, 0) is 55.5 Å². The van der Waals surface area contributed by atoms with Gasteiger partial charge in [-0.15, -0.1) is 0 Å². The second-order valence-corrected chi connectivity index (χ2v) is 5.13. The summed E-state index contributed by atoms with van der Waals surface area (Å²) in [6.07, 6.45) is 2.84. The molecule has 1 aromatic carbocycles. The number of hydrogen-bond acceptors (Lipinski definition) is 1. The van der Waals surface area contributed by atoms with Crippen molar-refractivity contribution in [2.24, 2.45) is 5.92 Å². The van der Waals surface area contributed by atoms with Crippen LogP contribution in [-0.4, -0.2) is 6.54 Å². The van der Waals surface area contributed by atoms with E-state index in [9.17, 15) is 0 Å². The summed E-state index contributed by atoms with van der Waals surface area (Å²) in [7, 11) is 0. The predicted octanol–water partition coefficient (Wildman–Crippen LogP) is 3.26. The molecule has 0 unspecified atom stereocenters. The average molecular weight is 254 g/mol. The van der Waals surface area contributed by atoms with Crippen molar-refractivity contribution in [1.29, 1.82) is 0 Å². The van der Waals surface area contributed by atoms with E-state index in [0.29, 0.717) is 0 Å². The molecule has 2 heteroatoms. The molecule has 0 spiro atoms. The Bertz CT molecular complexity index is 298. The molecule has 0 heterocycles. The van der Waals surface area contributed by atoms with Gasteiger partial charge in [0.15, 0.2) is 0 Å². The fourth-order valence-corrected chi connectivity index (χ4v) is 2.31. The third-order valence-corrected chi connectivity index (χ3v) is 3.02. The molecule has 0 atom stereocenters. The second kappa shape index (κ2) is 4.45. The number of aryl methyl sites for hydroxylation is 1. The lowest BCUT2D eigenvalue weighted by Gasteiger charge is -2.05. The van der Waals surface area contributed by atoms with Crippen LogP contribution >= 0.6 is 15.9 Å². The molecule has 0 aromatic heterocycles. The van der Waals surface area contributed by atoms with E-state index in [2.05, 4.69) is 46.4 Å². The fraction of sp³-hybridized carbons (Fsp3) is 0.500. The van der Waals surface area contributed by atoms with Gasteiger partial charge in [-0.3, -0.25) is 0 Å². The van der Waals surface area contributed by atoms with E-state index in [0.717, 1.165) is 12.5 Å². The van der Waals surface area contributed by atoms with Gasteiger partial charge in [0, 0.05) is 11.0 Å². The molecule has 1 aliphatic carbocycles. The molecular formula is C12H16BrN. The summed E-state index contributed by atoms with van der Waals surface area (Å²) in [5, 5.41) is 3.50. The third kappa shape index (κ3) is 3.10. The number of hydrogen-bond donors (Lipinski definition) is 1.